The minimum absolute atomic E-state index is 0.202. The molecule has 4 N–H and O–H groups in total. The van der Waals surface area contributed by atoms with Crippen LogP contribution in [0.1, 0.15) is 44.1 Å². The lowest BCUT2D eigenvalue weighted by Gasteiger charge is -2.19. The molecule has 1 atom stereocenters. The van der Waals surface area contributed by atoms with E-state index in [0.29, 0.717) is 5.92 Å². The zero-order valence-electron chi connectivity index (χ0n) is 9.52. The van der Waals surface area contributed by atoms with E-state index in [9.17, 15) is 0 Å². The van der Waals surface area contributed by atoms with Gasteiger partial charge in [-0.15, -0.1) is 0 Å². The molecule has 0 saturated heterocycles. The van der Waals surface area contributed by atoms with Crippen molar-refractivity contribution in [3.63, 3.8) is 0 Å². The van der Waals surface area contributed by atoms with E-state index in [1.165, 1.54) is 24.8 Å². The van der Waals surface area contributed by atoms with Gasteiger partial charge in [0.15, 0.2) is 0 Å². The second-order valence-electron chi connectivity index (χ2n) is 4.15. The second-order valence-corrected chi connectivity index (χ2v) is 4.15. The molecule has 0 heterocycles. The van der Waals surface area contributed by atoms with Crippen LogP contribution in [0, 0.1) is 0 Å². The summed E-state index contributed by atoms with van der Waals surface area (Å²) in [5, 5.41) is 0. The van der Waals surface area contributed by atoms with Gasteiger partial charge in [0.1, 0.15) is 0 Å². The molecular weight excluding hydrogens is 184 g/mol. The lowest BCUT2D eigenvalue weighted by Crippen LogP contribution is -2.32. The highest BCUT2D eigenvalue weighted by Gasteiger charge is 2.12. The summed E-state index contributed by atoms with van der Waals surface area (Å²) in [5.41, 5.74) is 12.7. The molecule has 84 valence electrons. The van der Waals surface area contributed by atoms with Crippen molar-refractivity contribution in [2.45, 2.75) is 44.7 Å². The normalized spacial score (nSPS) is 13.1. The minimum Gasteiger partial charge on any atom is -0.316 e. The molecule has 1 aromatic carbocycles. The fourth-order valence-electron chi connectivity index (χ4n) is 1.92. The Balaban J connectivity index is 2.63. The first kappa shape index (κ1) is 12.2. The van der Waals surface area contributed by atoms with Crippen LogP contribution in [0.25, 0.3) is 0 Å². The van der Waals surface area contributed by atoms with Gasteiger partial charge >= 0.3 is 0 Å². The first-order valence-electron chi connectivity index (χ1n) is 5.80. The molecule has 2 nitrogen and oxygen atoms in total. The molecule has 0 aliphatic heterocycles. The Morgan fingerprint density at radius 1 is 1.13 bits per heavy atom. The van der Waals surface area contributed by atoms with Crippen molar-refractivity contribution < 1.29 is 0 Å². The second kappa shape index (κ2) is 6.59. The van der Waals surface area contributed by atoms with Gasteiger partial charge in [0.2, 0.25) is 0 Å². The number of nitrogens with two attached hydrogens (primary N) is 2. The number of hydrogen-bond acceptors (Lipinski definition) is 2. The van der Waals surface area contributed by atoms with Crippen LogP contribution in [0.3, 0.4) is 0 Å². The third-order valence-electron chi connectivity index (χ3n) is 2.73. The SMILES string of the molecule is CCCCC(CC(N)N)c1ccccc1. The maximum absolute atomic E-state index is 5.68. The number of benzene rings is 1. The van der Waals surface area contributed by atoms with Crippen LogP contribution < -0.4 is 11.5 Å². The van der Waals surface area contributed by atoms with E-state index >= 15 is 0 Å². The highest BCUT2D eigenvalue weighted by Crippen LogP contribution is 2.25. The molecule has 0 aromatic heterocycles. The summed E-state index contributed by atoms with van der Waals surface area (Å²) >= 11 is 0. The van der Waals surface area contributed by atoms with Gasteiger partial charge < -0.3 is 11.5 Å². The van der Waals surface area contributed by atoms with Crippen molar-refractivity contribution in [2.24, 2.45) is 11.5 Å². The summed E-state index contributed by atoms with van der Waals surface area (Å²) in [6, 6.07) is 10.5. The van der Waals surface area contributed by atoms with Crippen LogP contribution in [0.15, 0.2) is 30.3 Å². The molecule has 1 aromatic rings. The van der Waals surface area contributed by atoms with E-state index in [1.807, 2.05) is 6.07 Å². The topological polar surface area (TPSA) is 52.0 Å². The van der Waals surface area contributed by atoms with Crippen LogP contribution in [0.2, 0.25) is 0 Å². The molecule has 0 saturated carbocycles. The summed E-state index contributed by atoms with van der Waals surface area (Å²) in [5.74, 6) is 0.520. The zero-order valence-corrected chi connectivity index (χ0v) is 9.52. The molecule has 0 bridgehead atoms. The van der Waals surface area contributed by atoms with Crippen molar-refractivity contribution >= 4 is 0 Å². The standard InChI is InChI=1S/C13H22N2/c1-2-3-7-12(10-13(14)15)11-8-5-4-6-9-11/h4-6,8-9,12-13H,2-3,7,10,14-15H2,1H3. The van der Waals surface area contributed by atoms with E-state index in [4.69, 9.17) is 11.5 Å². The van der Waals surface area contributed by atoms with Gasteiger partial charge in [0.05, 0.1) is 6.17 Å². The van der Waals surface area contributed by atoms with Crippen LogP contribution in [0.5, 0.6) is 0 Å². The van der Waals surface area contributed by atoms with Crippen LogP contribution in [0.4, 0.5) is 0 Å². The average molecular weight is 206 g/mol. The third kappa shape index (κ3) is 4.45. The molecule has 0 amide bonds. The Kier molecular flexibility index (Phi) is 5.37. The van der Waals surface area contributed by atoms with E-state index in [2.05, 4.69) is 31.2 Å². The molecule has 1 unspecified atom stereocenters. The molecule has 0 aliphatic rings. The summed E-state index contributed by atoms with van der Waals surface area (Å²) in [6.45, 7) is 2.21. The van der Waals surface area contributed by atoms with E-state index in [-0.39, 0.29) is 6.17 Å². The van der Waals surface area contributed by atoms with E-state index in [0.717, 1.165) is 6.42 Å². The number of unbranched alkanes of at least 4 members (excludes halogenated alkanes) is 1. The molecule has 15 heavy (non-hydrogen) atoms. The Morgan fingerprint density at radius 3 is 2.33 bits per heavy atom. The third-order valence-corrected chi connectivity index (χ3v) is 2.73. The Hall–Kier alpha value is -0.860. The fraction of sp³-hybridized carbons (Fsp3) is 0.538. The zero-order chi connectivity index (χ0) is 11.1. The molecule has 0 fully saturated rings. The first-order chi connectivity index (χ1) is 7.24. The van der Waals surface area contributed by atoms with Gasteiger partial charge in [-0.1, -0.05) is 50.1 Å². The summed E-state index contributed by atoms with van der Waals surface area (Å²) < 4.78 is 0. The van der Waals surface area contributed by atoms with Gasteiger partial charge in [0.25, 0.3) is 0 Å². The maximum Gasteiger partial charge on any atom is 0.0526 e. The molecule has 1 rings (SSSR count). The van der Waals surface area contributed by atoms with Crippen molar-refractivity contribution in [1.29, 1.82) is 0 Å². The average Bonchev–Trinajstić information content (AvgIpc) is 2.25. The maximum atomic E-state index is 5.68. The predicted molar refractivity (Wildman–Crippen MR) is 65.5 cm³/mol. The monoisotopic (exact) mass is 206 g/mol. The Bertz CT molecular complexity index is 256. The van der Waals surface area contributed by atoms with Gasteiger partial charge in [-0.05, 0) is 24.3 Å². The Morgan fingerprint density at radius 2 is 1.80 bits per heavy atom. The van der Waals surface area contributed by atoms with Crippen molar-refractivity contribution in [3.8, 4) is 0 Å². The smallest absolute Gasteiger partial charge is 0.0526 e. The quantitative estimate of drug-likeness (QED) is 0.703. The first-order valence-corrected chi connectivity index (χ1v) is 5.80. The van der Waals surface area contributed by atoms with Gasteiger partial charge in [0, 0.05) is 0 Å². The van der Waals surface area contributed by atoms with Gasteiger partial charge in [-0.3, -0.25) is 0 Å². The molecule has 0 radical (unpaired) electrons. The highest BCUT2D eigenvalue weighted by molar-refractivity contribution is 5.19. The predicted octanol–water partition coefficient (Wildman–Crippen LogP) is 2.59. The van der Waals surface area contributed by atoms with Crippen LogP contribution in [-0.4, -0.2) is 6.17 Å². The summed E-state index contributed by atoms with van der Waals surface area (Å²) in [7, 11) is 0. The van der Waals surface area contributed by atoms with Gasteiger partial charge in [-0.2, -0.15) is 0 Å². The molecule has 2 heteroatoms. The largest absolute Gasteiger partial charge is 0.316 e. The molecule has 0 spiro atoms. The minimum atomic E-state index is -0.202. The van der Waals surface area contributed by atoms with Crippen molar-refractivity contribution in [3.05, 3.63) is 35.9 Å². The van der Waals surface area contributed by atoms with Crippen LogP contribution >= 0.6 is 0 Å². The lowest BCUT2D eigenvalue weighted by molar-refractivity contribution is 0.494. The highest BCUT2D eigenvalue weighted by atomic mass is 14.8. The number of hydrogen-bond donors (Lipinski definition) is 2. The van der Waals surface area contributed by atoms with Crippen molar-refractivity contribution in [2.75, 3.05) is 0 Å². The van der Waals surface area contributed by atoms with E-state index < -0.39 is 0 Å². The molecule has 0 aliphatic carbocycles. The molecular formula is C13H22N2. The van der Waals surface area contributed by atoms with Crippen molar-refractivity contribution in [1.82, 2.24) is 0 Å². The Labute approximate surface area is 92.7 Å². The lowest BCUT2D eigenvalue weighted by atomic mass is 9.90. The number of rotatable bonds is 6. The van der Waals surface area contributed by atoms with Gasteiger partial charge in [-0.25, -0.2) is 0 Å². The summed E-state index contributed by atoms with van der Waals surface area (Å²) in [4.78, 5) is 0. The van der Waals surface area contributed by atoms with E-state index in [1.54, 1.807) is 0 Å². The summed E-state index contributed by atoms with van der Waals surface area (Å²) in [6.07, 6.45) is 4.33. The fourth-order valence-corrected chi connectivity index (χ4v) is 1.92. The van der Waals surface area contributed by atoms with Crippen LogP contribution in [-0.2, 0) is 0 Å².